The van der Waals surface area contributed by atoms with E-state index in [0.29, 0.717) is 0 Å². The Morgan fingerprint density at radius 2 is 0.294 bits per heavy atom. The molecule has 0 atom stereocenters. The van der Waals surface area contributed by atoms with E-state index in [-0.39, 0.29) is 34.5 Å². The van der Waals surface area contributed by atoms with Crippen LogP contribution in [0.4, 0.5) is 0 Å². The molecule has 0 fully saturated rings. The monoisotopic (exact) mass is 1390 g/mol. The highest BCUT2D eigenvalue weighted by molar-refractivity contribution is 6.25. The molecule has 7 aromatic rings. The quantitative estimate of drug-likeness (QED) is 0.0202. The van der Waals surface area contributed by atoms with E-state index in [1.165, 1.54) is 0 Å². The van der Waals surface area contributed by atoms with Gasteiger partial charge in [-0.15, -0.1) is 0 Å². The van der Waals surface area contributed by atoms with Crippen molar-refractivity contribution in [3.05, 3.63) is 212 Å². The Morgan fingerprint density at radius 3 is 0.412 bits per heavy atom. The van der Waals surface area contributed by atoms with Crippen LogP contribution in [0.2, 0.25) is 0 Å². The third-order valence-electron chi connectivity index (χ3n) is 18.9. The minimum atomic E-state index is -1.38. The lowest BCUT2D eigenvalue weighted by Crippen LogP contribution is -2.34. The fraction of sp³-hybridized carbons (Fsp3) is 0.467. The fourth-order valence-corrected chi connectivity index (χ4v) is 12.9. The predicted molar refractivity (Wildman–Crippen MR) is 410 cm³/mol. The molecular weight excluding hydrogens is 1270 g/mol. The van der Waals surface area contributed by atoms with Crippen LogP contribution >= 0.6 is 0 Å². The molecule has 0 bridgehead atoms. The molecule has 7 rings (SSSR count). The average molecular weight is 1390 g/mol. The SMILES string of the molecule is CCCCCCCc1ccc(OC(=O)c2c(C(=O)Oc3ccc(CCCCCCC)cc3)c(C(=O)Oc3ccc(CCCCCCC)cc3)c(C(=O)Oc3ccc(CCCCCCC)cc3)c(C(=O)Oc3ccc(CCCCCCC)cc3)c2C(=O)Oc2ccc(CCCCCCC)cc2)cc1. The first-order valence-corrected chi connectivity index (χ1v) is 39.0. The van der Waals surface area contributed by atoms with Crippen LogP contribution in [-0.2, 0) is 38.5 Å². The van der Waals surface area contributed by atoms with Gasteiger partial charge in [0.1, 0.15) is 34.5 Å². The number of esters is 6. The molecule has 0 saturated carbocycles. The lowest BCUT2D eigenvalue weighted by Gasteiger charge is -2.22. The number of hydrogen-bond donors (Lipinski definition) is 0. The smallest absolute Gasteiger partial charge is 0.345 e. The zero-order valence-corrected chi connectivity index (χ0v) is 62.2. The van der Waals surface area contributed by atoms with E-state index in [9.17, 15) is 0 Å². The molecule has 546 valence electrons. The molecule has 0 radical (unpaired) electrons. The van der Waals surface area contributed by atoms with E-state index >= 15 is 28.8 Å². The van der Waals surface area contributed by atoms with Gasteiger partial charge in [0.15, 0.2) is 0 Å². The molecule has 0 spiro atoms. The molecule has 0 N–H and O–H groups in total. The molecule has 12 heteroatoms. The fourth-order valence-electron chi connectivity index (χ4n) is 12.9. The van der Waals surface area contributed by atoms with Crippen molar-refractivity contribution >= 4 is 35.8 Å². The van der Waals surface area contributed by atoms with Crippen LogP contribution in [0.1, 0.15) is 330 Å². The molecule has 0 amide bonds. The molecule has 0 unspecified atom stereocenters. The molecule has 0 heterocycles. The van der Waals surface area contributed by atoms with Crippen molar-refractivity contribution < 1.29 is 57.2 Å². The third-order valence-corrected chi connectivity index (χ3v) is 18.9. The molecule has 7 aromatic carbocycles. The summed E-state index contributed by atoms with van der Waals surface area (Å²) in [5.41, 5.74) is 0.293. The minimum Gasteiger partial charge on any atom is -0.423 e. The molecule has 0 aliphatic rings. The largest absolute Gasteiger partial charge is 0.423 e. The van der Waals surface area contributed by atoms with Gasteiger partial charge in [-0.1, -0.05) is 268 Å². The van der Waals surface area contributed by atoms with Crippen molar-refractivity contribution in [1.29, 1.82) is 0 Å². The average Bonchev–Trinajstić information content (AvgIpc) is 0.726. The van der Waals surface area contributed by atoms with Gasteiger partial charge in [-0.2, -0.15) is 0 Å². The summed E-state index contributed by atoms with van der Waals surface area (Å²) in [4.78, 5) is 96.3. The number of carbonyl (C=O) groups excluding carboxylic acids is 6. The van der Waals surface area contributed by atoms with E-state index in [4.69, 9.17) is 28.4 Å². The highest BCUT2D eigenvalue weighted by Crippen LogP contribution is 2.37. The summed E-state index contributed by atoms with van der Waals surface area (Å²) >= 11 is 0. The molecule has 0 aromatic heterocycles. The van der Waals surface area contributed by atoms with Gasteiger partial charge in [0, 0.05) is 0 Å². The van der Waals surface area contributed by atoms with Crippen molar-refractivity contribution in [2.24, 2.45) is 0 Å². The van der Waals surface area contributed by atoms with E-state index in [1.807, 2.05) is 72.8 Å². The molecule has 0 aliphatic carbocycles. The number of hydrogen-bond acceptors (Lipinski definition) is 12. The Hall–Kier alpha value is -8.64. The van der Waals surface area contributed by atoms with Crippen molar-refractivity contribution in [2.45, 2.75) is 273 Å². The standard InChI is InChI=1S/C90H114O12/c1-7-13-19-25-31-37-67-43-55-73(56-44-67)97-85(91)79-80(86(92)98-74-57-45-68(46-58-74)38-32-26-20-14-8-2)82(88(94)100-76-61-49-70(50-62-76)40-34-28-22-16-10-4)84(90(96)102-78-65-53-72(54-66-78)42-36-30-24-18-12-6)83(89(95)101-77-63-51-71(52-64-77)41-35-29-23-17-11-5)81(79)87(93)99-75-59-47-69(48-60-75)39-33-27-21-15-9-3/h43-66H,7-42H2,1-6H3. The van der Waals surface area contributed by atoms with E-state index in [0.717, 1.165) is 265 Å². The second kappa shape index (κ2) is 46.1. The number of aryl methyl sites for hydroxylation is 6. The van der Waals surface area contributed by atoms with Crippen molar-refractivity contribution in [3.8, 4) is 34.5 Å². The summed E-state index contributed by atoms with van der Waals surface area (Å²) in [5, 5.41) is 0. The lowest BCUT2D eigenvalue weighted by atomic mass is 9.85. The van der Waals surface area contributed by atoms with Crippen molar-refractivity contribution in [2.75, 3.05) is 0 Å². The number of unbranched alkanes of at least 4 members (excludes halogenated alkanes) is 24. The summed E-state index contributed by atoms with van der Waals surface area (Å²) in [6.45, 7) is 13.0. The van der Waals surface area contributed by atoms with E-state index in [1.54, 1.807) is 72.8 Å². The van der Waals surface area contributed by atoms with Crippen LogP contribution in [0.15, 0.2) is 146 Å². The highest BCUT2D eigenvalue weighted by atomic mass is 16.6. The molecule has 0 saturated heterocycles. The number of carbonyl (C=O) groups is 6. The van der Waals surface area contributed by atoms with Crippen LogP contribution < -0.4 is 28.4 Å². The first kappa shape index (κ1) is 80.7. The predicted octanol–water partition coefficient (Wildman–Crippen LogP) is 24.1. The number of benzene rings is 7. The van der Waals surface area contributed by atoms with Gasteiger partial charge < -0.3 is 28.4 Å². The van der Waals surface area contributed by atoms with Gasteiger partial charge in [0.05, 0.1) is 33.4 Å². The van der Waals surface area contributed by atoms with Crippen LogP contribution in [0.5, 0.6) is 34.5 Å². The zero-order chi connectivity index (χ0) is 72.5. The highest BCUT2D eigenvalue weighted by Gasteiger charge is 2.44. The molecule has 0 aliphatic heterocycles. The van der Waals surface area contributed by atoms with Gasteiger partial charge in [-0.05, 0) is 183 Å². The summed E-state index contributed by atoms with van der Waals surface area (Å²) in [6, 6.07) is 41.2. The molecular formula is C90H114O12. The third kappa shape index (κ3) is 27.3. The van der Waals surface area contributed by atoms with Gasteiger partial charge >= 0.3 is 35.8 Å². The van der Waals surface area contributed by atoms with Crippen molar-refractivity contribution in [1.82, 2.24) is 0 Å². The van der Waals surface area contributed by atoms with Gasteiger partial charge in [-0.25, -0.2) is 28.8 Å². The summed E-state index contributed by atoms with van der Waals surface area (Å²) in [7, 11) is 0. The maximum Gasteiger partial charge on any atom is 0.345 e. The number of ether oxygens (including phenoxy) is 6. The zero-order valence-electron chi connectivity index (χ0n) is 62.2. The van der Waals surface area contributed by atoms with Gasteiger partial charge in [-0.3, -0.25) is 0 Å². The maximum absolute atomic E-state index is 16.1. The second-order valence-corrected chi connectivity index (χ2v) is 27.4. The summed E-state index contributed by atoms with van der Waals surface area (Å²) < 4.78 is 37.6. The van der Waals surface area contributed by atoms with Crippen molar-refractivity contribution in [3.63, 3.8) is 0 Å². The first-order valence-electron chi connectivity index (χ1n) is 39.0. The number of rotatable bonds is 48. The first-order chi connectivity index (χ1) is 49.9. The Kier molecular flexibility index (Phi) is 36.4. The van der Waals surface area contributed by atoms with Crippen LogP contribution in [0, 0.1) is 0 Å². The summed E-state index contributed by atoms with van der Waals surface area (Å²) in [6.07, 6.45) is 36.8. The minimum absolute atomic E-state index is 0.000913. The molecule has 12 nitrogen and oxygen atoms in total. The Bertz CT molecular complexity index is 3000. The van der Waals surface area contributed by atoms with Crippen LogP contribution in [0.25, 0.3) is 0 Å². The van der Waals surface area contributed by atoms with Gasteiger partial charge in [0.25, 0.3) is 0 Å². The van der Waals surface area contributed by atoms with E-state index < -0.39 is 69.2 Å². The topological polar surface area (TPSA) is 158 Å². The Morgan fingerprint density at radius 1 is 0.176 bits per heavy atom. The lowest BCUT2D eigenvalue weighted by molar-refractivity contribution is 0.0635. The van der Waals surface area contributed by atoms with Gasteiger partial charge in [0.2, 0.25) is 0 Å². The summed E-state index contributed by atoms with van der Waals surface area (Å²) in [5.74, 6) is -8.26. The Labute approximate surface area is 609 Å². The van der Waals surface area contributed by atoms with Crippen LogP contribution in [0.3, 0.4) is 0 Å². The Balaban J connectivity index is 1.49. The maximum atomic E-state index is 16.1. The normalized spacial score (nSPS) is 11.1. The second-order valence-electron chi connectivity index (χ2n) is 27.4. The van der Waals surface area contributed by atoms with E-state index in [2.05, 4.69) is 41.5 Å². The molecule has 102 heavy (non-hydrogen) atoms. The van der Waals surface area contributed by atoms with Crippen LogP contribution in [-0.4, -0.2) is 35.8 Å².